The molecule has 1 aromatic carbocycles. The molecule has 1 N–H and O–H groups in total. The number of hydrogen-bond acceptors (Lipinski definition) is 3. The van der Waals surface area contributed by atoms with Crippen LogP contribution in [0.25, 0.3) is 0 Å². The zero-order valence-corrected chi connectivity index (χ0v) is 14.2. The second kappa shape index (κ2) is 7.45. The Kier molecular flexibility index (Phi) is 5.61. The highest BCUT2D eigenvalue weighted by Crippen LogP contribution is 2.25. The predicted molar refractivity (Wildman–Crippen MR) is 91.7 cm³/mol. The molecule has 1 heterocycles. The molecule has 4 heteroatoms. The number of hydrogen-bond donors (Lipinski definition) is 1. The Hall–Kier alpha value is -1.81. The van der Waals surface area contributed by atoms with Gasteiger partial charge in [-0.25, -0.2) is 0 Å². The van der Waals surface area contributed by atoms with E-state index < -0.39 is 0 Å². The molecule has 2 aromatic rings. The summed E-state index contributed by atoms with van der Waals surface area (Å²) >= 11 is 1.60. The summed E-state index contributed by atoms with van der Waals surface area (Å²) in [7, 11) is 0. The molecule has 1 amide bonds. The zero-order chi connectivity index (χ0) is 16.0. The van der Waals surface area contributed by atoms with Crippen molar-refractivity contribution in [3.05, 3.63) is 52.2 Å². The highest BCUT2D eigenvalue weighted by Gasteiger charge is 2.13. The van der Waals surface area contributed by atoms with Crippen LogP contribution in [0.2, 0.25) is 0 Å². The number of benzene rings is 1. The Morgan fingerprint density at radius 2 is 2.05 bits per heavy atom. The normalized spacial score (nSPS) is 11.2. The predicted octanol–water partition coefficient (Wildman–Crippen LogP) is 3.78. The summed E-state index contributed by atoms with van der Waals surface area (Å²) in [6.07, 6.45) is 0.442. The number of amides is 1. The first-order valence-corrected chi connectivity index (χ1v) is 8.35. The number of carbonyl (C=O) groups excluding carboxylic acids is 1. The van der Waals surface area contributed by atoms with Crippen LogP contribution in [-0.2, 0) is 16.6 Å². The van der Waals surface area contributed by atoms with Crippen LogP contribution >= 0.6 is 11.3 Å². The standard InChI is InChI=1S/C18H23NO2S/c1-18(2,3)14-6-4-7-15(12-14)21-10-9-19-17(20)13-16-8-5-11-22-16/h4-8,11-12H,9-10,13H2,1-3H3,(H,19,20). The maximum absolute atomic E-state index is 11.7. The fourth-order valence-corrected chi connectivity index (χ4v) is 2.75. The molecule has 0 unspecified atom stereocenters. The minimum absolute atomic E-state index is 0.0366. The average molecular weight is 317 g/mol. The smallest absolute Gasteiger partial charge is 0.225 e. The number of carbonyl (C=O) groups is 1. The molecular weight excluding hydrogens is 294 g/mol. The first-order valence-electron chi connectivity index (χ1n) is 7.47. The zero-order valence-electron chi connectivity index (χ0n) is 13.4. The summed E-state index contributed by atoms with van der Waals surface area (Å²) in [4.78, 5) is 12.8. The van der Waals surface area contributed by atoms with Gasteiger partial charge in [0, 0.05) is 4.88 Å². The van der Waals surface area contributed by atoms with E-state index in [0.29, 0.717) is 19.6 Å². The third kappa shape index (κ3) is 5.19. The van der Waals surface area contributed by atoms with Gasteiger partial charge in [-0.15, -0.1) is 11.3 Å². The molecule has 22 heavy (non-hydrogen) atoms. The van der Waals surface area contributed by atoms with Gasteiger partial charge in [0.2, 0.25) is 5.91 Å². The van der Waals surface area contributed by atoms with Gasteiger partial charge in [-0.1, -0.05) is 39.0 Å². The van der Waals surface area contributed by atoms with Gasteiger partial charge in [0.25, 0.3) is 0 Å². The maximum atomic E-state index is 11.7. The molecule has 0 saturated heterocycles. The molecule has 0 saturated carbocycles. The minimum atomic E-state index is 0.0366. The molecule has 3 nitrogen and oxygen atoms in total. The van der Waals surface area contributed by atoms with Gasteiger partial charge in [0.05, 0.1) is 13.0 Å². The topological polar surface area (TPSA) is 38.3 Å². The van der Waals surface area contributed by atoms with Gasteiger partial charge >= 0.3 is 0 Å². The SMILES string of the molecule is CC(C)(C)c1cccc(OCCNC(=O)Cc2cccs2)c1. The molecule has 2 rings (SSSR count). The third-order valence-corrected chi connectivity index (χ3v) is 4.18. The highest BCUT2D eigenvalue weighted by atomic mass is 32.1. The average Bonchev–Trinajstić information content (AvgIpc) is 2.96. The lowest BCUT2D eigenvalue weighted by Crippen LogP contribution is -2.29. The van der Waals surface area contributed by atoms with E-state index in [2.05, 4.69) is 38.2 Å². The largest absolute Gasteiger partial charge is 0.492 e. The van der Waals surface area contributed by atoms with Crippen LogP contribution in [0, 0.1) is 0 Å². The Morgan fingerprint density at radius 3 is 2.73 bits per heavy atom. The lowest BCUT2D eigenvalue weighted by Gasteiger charge is -2.19. The van der Waals surface area contributed by atoms with E-state index in [9.17, 15) is 4.79 Å². The van der Waals surface area contributed by atoms with E-state index in [1.54, 1.807) is 11.3 Å². The number of nitrogens with one attached hydrogen (secondary N) is 1. The van der Waals surface area contributed by atoms with Gasteiger partial charge in [0.15, 0.2) is 0 Å². The van der Waals surface area contributed by atoms with Gasteiger partial charge in [-0.3, -0.25) is 4.79 Å². The molecule has 0 fully saturated rings. The van der Waals surface area contributed by atoms with E-state index in [-0.39, 0.29) is 11.3 Å². The van der Waals surface area contributed by atoms with Crippen LogP contribution in [0.3, 0.4) is 0 Å². The van der Waals surface area contributed by atoms with E-state index in [4.69, 9.17) is 4.74 Å². The summed E-state index contributed by atoms with van der Waals surface area (Å²) < 4.78 is 5.72. The van der Waals surface area contributed by atoms with Gasteiger partial charge < -0.3 is 10.1 Å². The van der Waals surface area contributed by atoms with Crippen LogP contribution in [0.15, 0.2) is 41.8 Å². The highest BCUT2D eigenvalue weighted by molar-refractivity contribution is 7.10. The molecule has 0 radical (unpaired) electrons. The monoisotopic (exact) mass is 317 g/mol. The molecule has 1 aromatic heterocycles. The van der Waals surface area contributed by atoms with Gasteiger partial charge in [0.1, 0.15) is 12.4 Å². The van der Waals surface area contributed by atoms with Crippen molar-refractivity contribution in [2.75, 3.05) is 13.2 Å². The van der Waals surface area contributed by atoms with Crippen molar-refractivity contribution >= 4 is 17.2 Å². The van der Waals surface area contributed by atoms with Crippen LogP contribution in [0.1, 0.15) is 31.2 Å². The van der Waals surface area contributed by atoms with Crippen molar-refractivity contribution in [1.82, 2.24) is 5.32 Å². The van der Waals surface area contributed by atoms with E-state index >= 15 is 0 Å². The number of rotatable bonds is 6. The lowest BCUT2D eigenvalue weighted by molar-refractivity contribution is -0.120. The molecule has 0 aliphatic heterocycles. The van der Waals surface area contributed by atoms with E-state index in [0.717, 1.165) is 10.6 Å². The van der Waals surface area contributed by atoms with Crippen LogP contribution in [-0.4, -0.2) is 19.1 Å². The summed E-state index contributed by atoms with van der Waals surface area (Å²) in [5.41, 5.74) is 1.35. The Labute approximate surface area is 136 Å². The fraction of sp³-hybridized carbons (Fsp3) is 0.389. The van der Waals surface area contributed by atoms with Crippen molar-refractivity contribution in [3.8, 4) is 5.75 Å². The van der Waals surface area contributed by atoms with Gasteiger partial charge in [-0.2, -0.15) is 0 Å². The van der Waals surface area contributed by atoms with Crippen LogP contribution in [0.4, 0.5) is 0 Å². The molecule has 0 aliphatic carbocycles. The van der Waals surface area contributed by atoms with Crippen LogP contribution in [0.5, 0.6) is 5.75 Å². The summed E-state index contributed by atoms with van der Waals surface area (Å²) in [5, 5.41) is 4.86. The minimum Gasteiger partial charge on any atom is -0.492 e. The second-order valence-electron chi connectivity index (χ2n) is 6.23. The quantitative estimate of drug-likeness (QED) is 0.823. The second-order valence-corrected chi connectivity index (χ2v) is 7.26. The molecule has 0 bridgehead atoms. The Morgan fingerprint density at radius 1 is 1.23 bits per heavy atom. The van der Waals surface area contributed by atoms with Crippen molar-refractivity contribution in [2.45, 2.75) is 32.6 Å². The molecule has 0 aliphatic rings. The Balaban J connectivity index is 1.73. The molecule has 118 valence electrons. The number of ether oxygens (including phenoxy) is 1. The van der Waals surface area contributed by atoms with E-state index in [1.807, 2.05) is 29.6 Å². The molecule has 0 spiro atoms. The summed E-state index contributed by atoms with van der Waals surface area (Å²) in [5.74, 6) is 0.884. The molecule has 0 atom stereocenters. The van der Waals surface area contributed by atoms with Crippen molar-refractivity contribution in [2.24, 2.45) is 0 Å². The third-order valence-electron chi connectivity index (χ3n) is 3.31. The van der Waals surface area contributed by atoms with Crippen LogP contribution < -0.4 is 10.1 Å². The van der Waals surface area contributed by atoms with E-state index in [1.165, 1.54) is 5.56 Å². The Bertz CT molecular complexity index is 600. The first kappa shape index (κ1) is 16.6. The van der Waals surface area contributed by atoms with Gasteiger partial charge in [-0.05, 0) is 34.6 Å². The van der Waals surface area contributed by atoms with Crippen molar-refractivity contribution in [3.63, 3.8) is 0 Å². The molecular formula is C18H23NO2S. The fourth-order valence-electron chi connectivity index (χ4n) is 2.05. The maximum Gasteiger partial charge on any atom is 0.225 e. The first-order chi connectivity index (χ1) is 10.4. The lowest BCUT2D eigenvalue weighted by atomic mass is 9.87. The number of thiophene rings is 1. The summed E-state index contributed by atoms with van der Waals surface area (Å²) in [6, 6.07) is 12.1. The summed E-state index contributed by atoms with van der Waals surface area (Å²) in [6.45, 7) is 7.53. The van der Waals surface area contributed by atoms with Crippen molar-refractivity contribution in [1.29, 1.82) is 0 Å². The van der Waals surface area contributed by atoms with Crippen molar-refractivity contribution < 1.29 is 9.53 Å².